The van der Waals surface area contributed by atoms with Gasteiger partial charge in [0.05, 0.1) is 21.0 Å². The first kappa shape index (κ1) is 15.4. The fourth-order valence-corrected chi connectivity index (χ4v) is 3.27. The highest BCUT2D eigenvalue weighted by molar-refractivity contribution is 7.90. The minimum absolute atomic E-state index is 0.0999. The molecule has 0 radical (unpaired) electrons. The number of amides is 1. The third-order valence-corrected chi connectivity index (χ3v) is 4.02. The predicted octanol–water partition coefficient (Wildman–Crippen LogP) is 0.354. The second-order valence-electron chi connectivity index (χ2n) is 3.81. The number of rotatable bonds is 3. The standard InChI is InChI=1S/C10H11ClN2O5S/c1-4-3-5(10(15)16)7(11)6(9(14)13-12)8(4)19(2,17)18/h3H,12H2,1-2H3,(H,13,14)(H,15,16). The zero-order valence-electron chi connectivity index (χ0n) is 10.0. The molecule has 0 heterocycles. The molecule has 0 atom stereocenters. The Labute approximate surface area is 114 Å². The molecule has 0 fully saturated rings. The largest absolute Gasteiger partial charge is 0.478 e. The molecule has 0 aliphatic heterocycles. The van der Waals surface area contributed by atoms with E-state index in [1.165, 1.54) is 6.92 Å². The smallest absolute Gasteiger partial charge is 0.337 e. The zero-order chi connectivity index (χ0) is 15.0. The van der Waals surface area contributed by atoms with Gasteiger partial charge in [0.15, 0.2) is 9.84 Å². The second-order valence-corrected chi connectivity index (χ2v) is 6.14. The maximum Gasteiger partial charge on any atom is 0.337 e. The molecule has 104 valence electrons. The van der Waals surface area contributed by atoms with Gasteiger partial charge in [0.2, 0.25) is 0 Å². The van der Waals surface area contributed by atoms with E-state index in [1.807, 2.05) is 0 Å². The number of nitrogens with one attached hydrogen (secondary N) is 1. The van der Waals surface area contributed by atoms with Crippen LogP contribution in [0.5, 0.6) is 0 Å². The summed E-state index contributed by atoms with van der Waals surface area (Å²) in [4.78, 5) is 22.3. The number of aromatic carboxylic acids is 1. The SMILES string of the molecule is Cc1cc(C(=O)O)c(Cl)c(C(=O)NN)c1S(C)(=O)=O. The normalized spacial score (nSPS) is 11.2. The number of carboxylic acid groups (broad SMARTS) is 1. The molecule has 7 nitrogen and oxygen atoms in total. The molecule has 0 aliphatic rings. The number of hydrogen-bond acceptors (Lipinski definition) is 5. The summed E-state index contributed by atoms with van der Waals surface area (Å²) in [6.45, 7) is 1.37. The first-order valence-corrected chi connectivity index (χ1v) is 7.15. The Morgan fingerprint density at radius 1 is 1.42 bits per heavy atom. The Morgan fingerprint density at radius 2 is 1.95 bits per heavy atom. The van der Waals surface area contributed by atoms with Gasteiger partial charge in [-0.25, -0.2) is 19.1 Å². The summed E-state index contributed by atoms with van der Waals surface area (Å²) in [5.74, 6) is 2.61. The van der Waals surface area contributed by atoms with Crippen LogP contribution in [0, 0.1) is 6.92 Å². The molecule has 1 rings (SSSR count). The van der Waals surface area contributed by atoms with E-state index in [0.29, 0.717) is 0 Å². The van der Waals surface area contributed by atoms with Crippen molar-refractivity contribution in [1.29, 1.82) is 0 Å². The van der Waals surface area contributed by atoms with E-state index in [4.69, 9.17) is 22.6 Å². The van der Waals surface area contributed by atoms with Crippen molar-refractivity contribution in [2.45, 2.75) is 11.8 Å². The minimum Gasteiger partial charge on any atom is -0.478 e. The summed E-state index contributed by atoms with van der Waals surface area (Å²) in [7, 11) is -3.78. The molecule has 19 heavy (non-hydrogen) atoms. The summed E-state index contributed by atoms with van der Waals surface area (Å²) < 4.78 is 23.4. The molecule has 1 aromatic rings. The van der Waals surface area contributed by atoms with Crippen molar-refractivity contribution in [3.05, 3.63) is 27.8 Å². The lowest BCUT2D eigenvalue weighted by molar-refractivity contribution is 0.0697. The number of hydrogen-bond donors (Lipinski definition) is 3. The Hall–Kier alpha value is -1.64. The van der Waals surface area contributed by atoms with E-state index in [1.54, 1.807) is 5.43 Å². The molecular formula is C10H11ClN2O5S. The molecule has 1 amide bonds. The predicted molar refractivity (Wildman–Crippen MR) is 67.9 cm³/mol. The van der Waals surface area contributed by atoms with Crippen LogP contribution in [0.2, 0.25) is 5.02 Å². The van der Waals surface area contributed by atoms with Crippen LogP contribution in [0.4, 0.5) is 0 Å². The van der Waals surface area contributed by atoms with E-state index in [2.05, 4.69) is 0 Å². The number of carboxylic acids is 1. The quantitative estimate of drug-likeness (QED) is 0.420. The van der Waals surface area contributed by atoms with E-state index in [0.717, 1.165) is 12.3 Å². The fourth-order valence-electron chi connectivity index (χ4n) is 1.69. The number of halogens is 1. The summed E-state index contributed by atoms with van der Waals surface area (Å²) in [6.07, 6.45) is 0.888. The van der Waals surface area contributed by atoms with Gasteiger partial charge in [-0.1, -0.05) is 11.6 Å². The van der Waals surface area contributed by atoms with E-state index in [9.17, 15) is 18.0 Å². The van der Waals surface area contributed by atoms with Gasteiger partial charge in [0.25, 0.3) is 5.91 Å². The Morgan fingerprint density at radius 3 is 2.32 bits per heavy atom. The lowest BCUT2D eigenvalue weighted by atomic mass is 10.1. The van der Waals surface area contributed by atoms with E-state index >= 15 is 0 Å². The minimum atomic E-state index is -3.78. The maximum absolute atomic E-state index is 11.7. The van der Waals surface area contributed by atoms with Crippen LogP contribution < -0.4 is 11.3 Å². The molecule has 0 bridgehead atoms. The molecule has 0 saturated carbocycles. The van der Waals surface area contributed by atoms with Gasteiger partial charge in [-0.3, -0.25) is 10.2 Å². The maximum atomic E-state index is 11.7. The first-order chi connectivity index (χ1) is 8.61. The van der Waals surface area contributed by atoms with Crippen molar-refractivity contribution >= 4 is 33.3 Å². The topological polar surface area (TPSA) is 127 Å². The van der Waals surface area contributed by atoms with Gasteiger partial charge in [0, 0.05) is 6.26 Å². The molecule has 0 unspecified atom stereocenters. The molecular weight excluding hydrogens is 296 g/mol. The Bertz CT molecular complexity index is 669. The van der Waals surface area contributed by atoms with E-state index in [-0.39, 0.29) is 16.0 Å². The number of aryl methyl sites for hydroxylation is 1. The lowest BCUT2D eigenvalue weighted by Gasteiger charge is -2.13. The molecule has 0 spiro atoms. The molecule has 1 aromatic carbocycles. The third-order valence-electron chi connectivity index (χ3n) is 2.36. The van der Waals surface area contributed by atoms with Crippen LogP contribution in [0.25, 0.3) is 0 Å². The van der Waals surface area contributed by atoms with Crippen molar-refractivity contribution in [2.24, 2.45) is 5.84 Å². The number of nitrogen functional groups attached to an aromatic ring is 1. The van der Waals surface area contributed by atoms with Gasteiger partial charge in [-0.05, 0) is 18.6 Å². The van der Waals surface area contributed by atoms with Gasteiger partial charge < -0.3 is 5.11 Å². The van der Waals surface area contributed by atoms with Gasteiger partial charge >= 0.3 is 5.97 Å². The molecule has 0 saturated heterocycles. The number of carbonyl (C=O) groups excluding carboxylic acids is 1. The van der Waals surface area contributed by atoms with Crippen molar-refractivity contribution in [3.63, 3.8) is 0 Å². The van der Waals surface area contributed by atoms with Gasteiger partial charge in [0.1, 0.15) is 0 Å². The number of nitrogens with two attached hydrogens (primary N) is 1. The molecule has 4 N–H and O–H groups in total. The summed E-state index contributed by atoms with van der Waals surface area (Å²) in [5, 5.41) is 8.50. The first-order valence-electron chi connectivity index (χ1n) is 4.88. The fraction of sp³-hybridized carbons (Fsp3) is 0.200. The number of hydrazine groups is 1. The van der Waals surface area contributed by atoms with Crippen LogP contribution in [-0.2, 0) is 9.84 Å². The van der Waals surface area contributed by atoms with Crippen LogP contribution in [0.15, 0.2) is 11.0 Å². The average Bonchev–Trinajstić information content (AvgIpc) is 2.28. The van der Waals surface area contributed by atoms with Crippen LogP contribution in [0.1, 0.15) is 26.3 Å². The average molecular weight is 307 g/mol. The van der Waals surface area contributed by atoms with Gasteiger partial charge in [-0.15, -0.1) is 0 Å². The Balaban J connectivity index is 3.91. The second kappa shape index (κ2) is 5.16. The number of carbonyl (C=O) groups is 2. The van der Waals surface area contributed by atoms with E-state index < -0.39 is 32.3 Å². The highest BCUT2D eigenvalue weighted by Gasteiger charge is 2.28. The molecule has 0 aromatic heterocycles. The molecule has 0 aliphatic carbocycles. The highest BCUT2D eigenvalue weighted by atomic mass is 35.5. The van der Waals surface area contributed by atoms with Crippen LogP contribution in [-0.4, -0.2) is 31.7 Å². The summed E-state index contributed by atoms with van der Waals surface area (Å²) in [6, 6.07) is 1.09. The van der Waals surface area contributed by atoms with Crippen molar-refractivity contribution in [2.75, 3.05) is 6.26 Å². The summed E-state index contributed by atoms with van der Waals surface area (Å²) in [5.41, 5.74) is 1.01. The van der Waals surface area contributed by atoms with Crippen molar-refractivity contribution in [1.82, 2.24) is 5.43 Å². The lowest BCUT2D eigenvalue weighted by Crippen LogP contribution is -2.32. The highest BCUT2D eigenvalue weighted by Crippen LogP contribution is 2.31. The van der Waals surface area contributed by atoms with Crippen molar-refractivity contribution < 1.29 is 23.1 Å². The Kier molecular flexibility index (Phi) is 4.18. The monoisotopic (exact) mass is 306 g/mol. The molecule has 9 heteroatoms. The zero-order valence-corrected chi connectivity index (χ0v) is 11.6. The van der Waals surface area contributed by atoms with Crippen LogP contribution in [0.3, 0.4) is 0 Å². The van der Waals surface area contributed by atoms with Crippen molar-refractivity contribution in [3.8, 4) is 0 Å². The number of benzene rings is 1. The number of sulfone groups is 1. The van der Waals surface area contributed by atoms with Gasteiger partial charge in [-0.2, -0.15) is 0 Å². The van der Waals surface area contributed by atoms with Crippen LogP contribution >= 0.6 is 11.6 Å². The summed E-state index contributed by atoms with van der Waals surface area (Å²) >= 11 is 5.80. The third kappa shape index (κ3) is 2.86.